The molecule has 0 aliphatic rings. The molecule has 0 aromatic rings. The summed E-state index contributed by atoms with van der Waals surface area (Å²) in [5.74, 6) is -0.552. The molecule has 0 aliphatic heterocycles. The molecule has 0 radical (unpaired) electrons. The van der Waals surface area contributed by atoms with E-state index in [2.05, 4.69) is 13.2 Å². The summed E-state index contributed by atoms with van der Waals surface area (Å²) in [4.78, 5) is 23.7. The number of ether oxygens (including phenoxy) is 3. The lowest BCUT2D eigenvalue weighted by Gasteiger charge is -2.16. The summed E-state index contributed by atoms with van der Waals surface area (Å²) < 4.78 is 15.2. The van der Waals surface area contributed by atoms with Gasteiger partial charge in [0.05, 0.1) is 26.4 Å². The van der Waals surface area contributed by atoms with Gasteiger partial charge < -0.3 is 19.1 Å². The molecule has 0 atom stereocenters. The Morgan fingerprint density at radius 1 is 1.10 bits per heavy atom. The van der Waals surface area contributed by atoms with E-state index in [1.54, 1.807) is 18.9 Å². The second kappa shape index (κ2) is 11.2. The summed E-state index contributed by atoms with van der Waals surface area (Å²) in [5, 5.41) is 0. The highest BCUT2D eigenvalue weighted by atomic mass is 16.6. The average Bonchev–Trinajstić information content (AvgIpc) is 2.43. The molecule has 0 aromatic carbocycles. The van der Waals surface area contributed by atoms with E-state index in [1.807, 2.05) is 0 Å². The van der Waals surface area contributed by atoms with Crippen molar-refractivity contribution >= 4 is 11.9 Å². The molecular formula is C14H23NO5. The number of carbonyl (C=O) groups excluding carboxylic acids is 2. The number of rotatable bonds is 11. The highest BCUT2D eigenvalue weighted by Gasteiger charge is 2.07. The van der Waals surface area contributed by atoms with Crippen LogP contribution in [0.1, 0.15) is 6.92 Å². The van der Waals surface area contributed by atoms with Gasteiger partial charge in [-0.25, -0.2) is 4.79 Å². The number of hydrogen-bond acceptors (Lipinski definition) is 5. The fourth-order valence-corrected chi connectivity index (χ4v) is 1.21. The maximum Gasteiger partial charge on any atom is 0.330 e. The SMILES string of the molecule is C=CC(=O)OCCOCCOCCN(C)C(=O)C(=C)C. The minimum absolute atomic E-state index is 0.0890. The number of carbonyl (C=O) groups is 2. The van der Waals surface area contributed by atoms with Crippen LogP contribution in [0.2, 0.25) is 0 Å². The Bertz CT molecular complexity index is 340. The Hall–Kier alpha value is -1.66. The third-order valence-electron chi connectivity index (χ3n) is 2.29. The van der Waals surface area contributed by atoms with Crippen molar-refractivity contribution in [3.05, 3.63) is 24.8 Å². The van der Waals surface area contributed by atoms with E-state index in [9.17, 15) is 9.59 Å². The molecular weight excluding hydrogens is 262 g/mol. The van der Waals surface area contributed by atoms with Crippen LogP contribution >= 0.6 is 0 Å². The van der Waals surface area contributed by atoms with Gasteiger partial charge in [0, 0.05) is 25.2 Å². The lowest BCUT2D eigenvalue weighted by Crippen LogP contribution is -2.30. The molecule has 0 spiro atoms. The largest absolute Gasteiger partial charge is 0.460 e. The van der Waals surface area contributed by atoms with Crippen molar-refractivity contribution in [2.24, 2.45) is 0 Å². The maximum atomic E-state index is 11.5. The molecule has 0 saturated carbocycles. The number of esters is 1. The summed E-state index contributed by atoms with van der Waals surface area (Å²) >= 11 is 0. The van der Waals surface area contributed by atoms with Crippen molar-refractivity contribution in [2.75, 3.05) is 46.6 Å². The summed E-state index contributed by atoms with van der Waals surface area (Å²) in [6, 6.07) is 0. The Morgan fingerprint density at radius 2 is 1.65 bits per heavy atom. The lowest BCUT2D eigenvalue weighted by molar-refractivity contribution is -0.139. The van der Waals surface area contributed by atoms with Gasteiger partial charge in [0.25, 0.3) is 0 Å². The van der Waals surface area contributed by atoms with E-state index in [0.29, 0.717) is 38.5 Å². The normalized spacial score (nSPS) is 9.90. The zero-order valence-electron chi connectivity index (χ0n) is 12.2. The molecule has 0 aliphatic carbocycles. The molecule has 114 valence electrons. The summed E-state index contributed by atoms with van der Waals surface area (Å²) in [6.07, 6.45) is 1.10. The maximum absolute atomic E-state index is 11.5. The van der Waals surface area contributed by atoms with Crippen molar-refractivity contribution in [1.29, 1.82) is 0 Å². The predicted octanol–water partition coefficient (Wildman–Crippen LogP) is 0.783. The first-order chi connectivity index (χ1) is 9.49. The molecule has 6 nitrogen and oxygen atoms in total. The Morgan fingerprint density at radius 3 is 2.20 bits per heavy atom. The molecule has 1 amide bonds. The molecule has 0 N–H and O–H groups in total. The summed E-state index contributed by atoms with van der Waals surface area (Å²) in [6.45, 7) is 10.8. The van der Waals surface area contributed by atoms with E-state index in [0.717, 1.165) is 6.08 Å². The van der Waals surface area contributed by atoms with Crippen molar-refractivity contribution in [1.82, 2.24) is 4.90 Å². The minimum Gasteiger partial charge on any atom is -0.460 e. The van der Waals surface area contributed by atoms with Crippen LogP contribution in [0.25, 0.3) is 0 Å². The van der Waals surface area contributed by atoms with E-state index in [-0.39, 0.29) is 12.5 Å². The van der Waals surface area contributed by atoms with Gasteiger partial charge in [-0.05, 0) is 6.92 Å². The predicted molar refractivity (Wildman–Crippen MR) is 75.2 cm³/mol. The molecule has 0 rings (SSSR count). The monoisotopic (exact) mass is 285 g/mol. The lowest BCUT2D eigenvalue weighted by atomic mass is 10.3. The molecule has 0 fully saturated rings. The number of hydrogen-bond donors (Lipinski definition) is 0. The number of likely N-dealkylation sites (N-methyl/N-ethyl adjacent to an activating group) is 1. The van der Waals surface area contributed by atoms with Gasteiger partial charge in [0.15, 0.2) is 0 Å². The molecule has 0 aromatic heterocycles. The topological polar surface area (TPSA) is 65.1 Å². The van der Waals surface area contributed by atoms with Crippen molar-refractivity contribution in [2.45, 2.75) is 6.92 Å². The third kappa shape index (κ3) is 9.29. The first kappa shape index (κ1) is 18.3. The van der Waals surface area contributed by atoms with Gasteiger partial charge in [-0.2, -0.15) is 0 Å². The van der Waals surface area contributed by atoms with Gasteiger partial charge >= 0.3 is 5.97 Å². The van der Waals surface area contributed by atoms with Crippen LogP contribution in [-0.2, 0) is 23.8 Å². The average molecular weight is 285 g/mol. The van der Waals surface area contributed by atoms with Gasteiger partial charge in [0.1, 0.15) is 6.61 Å². The van der Waals surface area contributed by atoms with Crippen LogP contribution in [0.3, 0.4) is 0 Å². The fraction of sp³-hybridized carbons (Fsp3) is 0.571. The van der Waals surface area contributed by atoms with Crippen LogP contribution in [0.4, 0.5) is 0 Å². The molecule has 0 heterocycles. The highest BCUT2D eigenvalue weighted by molar-refractivity contribution is 5.91. The third-order valence-corrected chi connectivity index (χ3v) is 2.29. The van der Waals surface area contributed by atoms with E-state index < -0.39 is 5.97 Å². The quantitative estimate of drug-likeness (QED) is 0.319. The van der Waals surface area contributed by atoms with E-state index >= 15 is 0 Å². The van der Waals surface area contributed by atoms with Crippen molar-refractivity contribution in [3.63, 3.8) is 0 Å². The Labute approximate surface area is 120 Å². The zero-order chi connectivity index (χ0) is 15.4. The second-order valence-electron chi connectivity index (χ2n) is 4.10. The summed E-state index contributed by atoms with van der Waals surface area (Å²) in [5.41, 5.74) is 0.505. The van der Waals surface area contributed by atoms with Crippen LogP contribution in [0.5, 0.6) is 0 Å². The van der Waals surface area contributed by atoms with Crippen molar-refractivity contribution in [3.8, 4) is 0 Å². The van der Waals surface area contributed by atoms with Crippen LogP contribution in [-0.4, -0.2) is 63.4 Å². The number of nitrogens with zero attached hydrogens (tertiary/aromatic N) is 1. The van der Waals surface area contributed by atoms with E-state index in [4.69, 9.17) is 14.2 Å². The van der Waals surface area contributed by atoms with Crippen LogP contribution in [0.15, 0.2) is 24.8 Å². The molecule has 0 saturated heterocycles. The molecule has 20 heavy (non-hydrogen) atoms. The molecule has 0 bridgehead atoms. The minimum atomic E-state index is -0.463. The second-order valence-corrected chi connectivity index (χ2v) is 4.10. The van der Waals surface area contributed by atoms with Gasteiger partial charge in [0.2, 0.25) is 5.91 Å². The zero-order valence-corrected chi connectivity index (χ0v) is 12.2. The van der Waals surface area contributed by atoms with Crippen LogP contribution < -0.4 is 0 Å². The van der Waals surface area contributed by atoms with Gasteiger partial charge in [-0.15, -0.1) is 0 Å². The smallest absolute Gasteiger partial charge is 0.330 e. The Balaban J connectivity index is 3.37. The van der Waals surface area contributed by atoms with Crippen LogP contribution in [0, 0.1) is 0 Å². The molecule has 6 heteroatoms. The molecule has 0 unspecified atom stereocenters. The first-order valence-corrected chi connectivity index (χ1v) is 6.34. The summed E-state index contributed by atoms with van der Waals surface area (Å²) in [7, 11) is 1.70. The highest BCUT2D eigenvalue weighted by Crippen LogP contribution is 1.95. The fourth-order valence-electron chi connectivity index (χ4n) is 1.21. The standard InChI is InChI=1S/C14H23NO5/c1-5-13(16)20-11-10-19-9-8-18-7-6-15(4)14(17)12(2)3/h5H,1-2,6-11H2,3-4H3. The Kier molecular flexibility index (Phi) is 10.3. The van der Waals surface area contributed by atoms with Crippen molar-refractivity contribution < 1.29 is 23.8 Å². The number of amides is 1. The van der Waals surface area contributed by atoms with Gasteiger partial charge in [-0.1, -0.05) is 13.2 Å². The van der Waals surface area contributed by atoms with Gasteiger partial charge in [-0.3, -0.25) is 4.79 Å². The van der Waals surface area contributed by atoms with E-state index in [1.165, 1.54) is 0 Å². The first-order valence-electron chi connectivity index (χ1n) is 6.34.